The van der Waals surface area contributed by atoms with Crippen LogP contribution < -0.4 is 5.32 Å². The second kappa shape index (κ2) is 9.13. The summed E-state index contributed by atoms with van der Waals surface area (Å²) < 4.78 is 10.7. The lowest BCUT2D eigenvalue weighted by atomic mass is 10.2. The molecule has 0 spiro atoms. The Balaban J connectivity index is 1.27. The van der Waals surface area contributed by atoms with Crippen molar-refractivity contribution >= 4 is 17.6 Å². The summed E-state index contributed by atoms with van der Waals surface area (Å²) in [6, 6.07) is 11.3. The number of anilines is 1. The first-order valence-electron chi connectivity index (χ1n) is 10.2. The largest absolute Gasteiger partial charge is 0.441 e. The molecule has 0 unspecified atom stereocenters. The van der Waals surface area contributed by atoms with Crippen LogP contribution in [0.1, 0.15) is 17.2 Å². The highest BCUT2D eigenvalue weighted by Gasteiger charge is 2.24. The highest BCUT2D eigenvalue weighted by atomic mass is 16.5. The lowest BCUT2D eigenvalue weighted by molar-refractivity contribution is -0.132. The number of aromatic nitrogens is 2. The summed E-state index contributed by atoms with van der Waals surface area (Å²) in [6.07, 6.45) is 0.203. The van der Waals surface area contributed by atoms with Gasteiger partial charge in [0.15, 0.2) is 5.82 Å². The first kappa shape index (κ1) is 20.8. The molecule has 1 aromatic carbocycles. The Hall–Kier alpha value is -3.46. The molecule has 162 valence electrons. The molecule has 4 rings (SSSR count). The van der Waals surface area contributed by atoms with Crippen molar-refractivity contribution in [2.45, 2.75) is 20.3 Å². The van der Waals surface area contributed by atoms with Crippen LogP contribution in [0, 0.1) is 13.8 Å². The summed E-state index contributed by atoms with van der Waals surface area (Å²) in [5, 5.41) is 6.47. The molecule has 3 aromatic rings. The van der Waals surface area contributed by atoms with Crippen molar-refractivity contribution in [3.05, 3.63) is 53.6 Å². The van der Waals surface area contributed by atoms with E-state index in [1.807, 2.05) is 47.1 Å². The zero-order valence-electron chi connectivity index (χ0n) is 17.6. The van der Waals surface area contributed by atoms with Crippen molar-refractivity contribution in [2.24, 2.45) is 0 Å². The number of carbonyl (C=O) groups is 2. The summed E-state index contributed by atoms with van der Waals surface area (Å²) in [5.41, 5.74) is 1.55. The molecule has 2 aromatic heterocycles. The molecule has 9 nitrogen and oxygen atoms in total. The Kier molecular flexibility index (Phi) is 6.13. The van der Waals surface area contributed by atoms with Crippen molar-refractivity contribution in [1.29, 1.82) is 0 Å². The van der Waals surface area contributed by atoms with Crippen molar-refractivity contribution in [3.8, 4) is 11.5 Å². The van der Waals surface area contributed by atoms with E-state index < -0.39 is 0 Å². The molecule has 0 aliphatic carbocycles. The number of hydrogen-bond donors (Lipinski definition) is 1. The van der Waals surface area contributed by atoms with Gasteiger partial charge in [0.25, 0.3) is 0 Å². The number of benzene rings is 1. The van der Waals surface area contributed by atoms with Crippen LogP contribution in [0.5, 0.6) is 0 Å². The van der Waals surface area contributed by atoms with Gasteiger partial charge in [-0.05, 0) is 26.0 Å². The quantitative estimate of drug-likeness (QED) is 0.648. The molecule has 1 N–H and O–H groups in total. The van der Waals surface area contributed by atoms with Crippen molar-refractivity contribution in [3.63, 3.8) is 0 Å². The molecule has 0 saturated carbocycles. The lowest BCUT2D eigenvalue weighted by Crippen LogP contribution is -2.50. The maximum atomic E-state index is 12.8. The van der Waals surface area contributed by atoms with Gasteiger partial charge in [0.1, 0.15) is 11.5 Å². The van der Waals surface area contributed by atoms with Crippen LogP contribution in [0.2, 0.25) is 0 Å². The molecule has 1 aliphatic rings. The third-order valence-electron chi connectivity index (χ3n) is 5.22. The summed E-state index contributed by atoms with van der Waals surface area (Å²) in [7, 11) is 0. The van der Waals surface area contributed by atoms with Gasteiger partial charge in [0.2, 0.25) is 17.7 Å². The fraction of sp³-hybridized carbons (Fsp3) is 0.364. The summed E-state index contributed by atoms with van der Waals surface area (Å²) >= 11 is 0. The number of hydrogen-bond acceptors (Lipinski definition) is 7. The molecule has 0 bridgehead atoms. The monoisotopic (exact) mass is 423 g/mol. The standard InChI is InChI=1S/C22H25N5O4/c1-15-12-19(25-31-15)24-20(28)14-26-8-10-27(11-9-26)21(29)13-18-16(2)30-22(23-18)17-6-4-3-5-7-17/h3-7,12H,8-11,13-14H2,1-2H3,(H,24,25,28). The van der Waals surface area contributed by atoms with E-state index in [9.17, 15) is 9.59 Å². The highest BCUT2D eigenvalue weighted by molar-refractivity contribution is 5.91. The average Bonchev–Trinajstić information content (AvgIpc) is 3.34. The van der Waals surface area contributed by atoms with Crippen LogP contribution in [0.15, 0.2) is 45.3 Å². The topological polar surface area (TPSA) is 105 Å². The second-order valence-electron chi connectivity index (χ2n) is 7.59. The highest BCUT2D eigenvalue weighted by Crippen LogP contribution is 2.22. The van der Waals surface area contributed by atoms with Gasteiger partial charge in [-0.2, -0.15) is 0 Å². The number of piperazine rings is 1. The van der Waals surface area contributed by atoms with E-state index in [4.69, 9.17) is 8.94 Å². The first-order chi connectivity index (χ1) is 15.0. The fourth-order valence-electron chi connectivity index (χ4n) is 3.52. The molecule has 3 heterocycles. The van der Waals surface area contributed by atoms with Gasteiger partial charge in [-0.3, -0.25) is 14.5 Å². The Morgan fingerprint density at radius 2 is 1.84 bits per heavy atom. The van der Waals surface area contributed by atoms with E-state index in [2.05, 4.69) is 15.5 Å². The van der Waals surface area contributed by atoms with Crippen LogP contribution in [-0.2, 0) is 16.0 Å². The number of nitrogens with one attached hydrogen (secondary N) is 1. The van der Waals surface area contributed by atoms with Crippen LogP contribution >= 0.6 is 0 Å². The predicted molar refractivity (Wildman–Crippen MR) is 113 cm³/mol. The molecule has 1 fully saturated rings. The molecule has 0 radical (unpaired) electrons. The third kappa shape index (κ3) is 5.18. The minimum atomic E-state index is -0.153. The van der Waals surface area contributed by atoms with E-state index in [0.29, 0.717) is 55.1 Å². The lowest BCUT2D eigenvalue weighted by Gasteiger charge is -2.34. The summed E-state index contributed by atoms with van der Waals surface area (Å²) in [4.78, 5) is 33.3. The Bertz CT molecular complexity index is 1050. The molecule has 1 aliphatic heterocycles. The predicted octanol–water partition coefficient (Wildman–Crippen LogP) is 2.27. The van der Waals surface area contributed by atoms with E-state index in [-0.39, 0.29) is 24.8 Å². The number of amides is 2. The molecule has 0 atom stereocenters. The van der Waals surface area contributed by atoms with Gasteiger partial charge in [0.05, 0.1) is 18.7 Å². The van der Waals surface area contributed by atoms with E-state index in [1.165, 1.54) is 0 Å². The summed E-state index contributed by atoms with van der Waals surface area (Å²) in [5.74, 6) is 2.09. The molecule has 31 heavy (non-hydrogen) atoms. The Morgan fingerprint density at radius 3 is 2.52 bits per heavy atom. The minimum Gasteiger partial charge on any atom is -0.441 e. The first-order valence-corrected chi connectivity index (χ1v) is 10.2. The van der Waals surface area contributed by atoms with Crippen LogP contribution in [0.4, 0.5) is 5.82 Å². The number of oxazole rings is 1. The molecule has 1 saturated heterocycles. The van der Waals surface area contributed by atoms with Gasteiger partial charge in [-0.25, -0.2) is 4.98 Å². The number of carbonyl (C=O) groups excluding carboxylic acids is 2. The smallest absolute Gasteiger partial charge is 0.239 e. The zero-order chi connectivity index (χ0) is 21.8. The molecular weight excluding hydrogens is 398 g/mol. The SMILES string of the molecule is Cc1cc(NC(=O)CN2CCN(C(=O)Cc3nc(-c4ccccc4)oc3C)CC2)no1. The van der Waals surface area contributed by atoms with Gasteiger partial charge < -0.3 is 19.2 Å². The van der Waals surface area contributed by atoms with Gasteiger partial charge in [-0.1, -0.05) is 23.4 Å². The van der Waals surface area contributed by atoms with Crippen LogP contribution in [0.25, 0.3) is 11.5 Å². The van der Waals surface area contributed by atoms with Crippen molar-refractivity contribution in [1.82, 2.24) is 19.9 Å². The minimum absolute atomic E-state index is 0.0122. The normalized spacial score (nSPS) is 14.6. The Morgan fingerprint density at radius 1 is 1.10 bits per heavy atom. The van der Waals surface area contributed by atoms with Crippen molar-refractivity contribution in [2.75, 3.05) is 38.0 Å². The maximum absolute atomic E-state index is 12.8. The molecular formula is C22H25N5O4. The van der Waals surface area contributed by atoms with Crippen LogP contribution in [-0.4, -0.2) is 64.5 Å². The second-order valence-corrected chi connectivity index (χ2v) is 7.59. The van der Waals surface area contributed by atoms with Crippen molar-refractivity contribution < 1.29 is 18.5 Å². The number of aryl methyl sites for hydroxylation is 2. The fourth-order valence-corrected chi connectivity index (χ4v) is 3.52. The van der Waals surface area contributed by atoms with Gasteiger partial charge in [-0.15, -0.1) is 0 Å². The number of nitrogens with zero attached hydrogens (tertiary/aromatic N) is 4. The summed E-state index contributed by atoms with van der Waals surface area (Å²) in [6.45, 7) is 6.23. The van der Waals surface area contributed by atoms with Gasteiger partial charge in [0, 0.05) is 37.8 Å². The maximum Gasteiger partial charge on any atom is 0.239 e. The van der Waals surface area contributed by atoms with E-state index in [1.54, 1.807) is 13.0 Å². The zero-order valence-corrected chi connectivity index (χ0v) is 17.6. The molecule has 9 heteroatoms. The molecule has 2 amide bonds. The number of rotatable bonds is 6. The third-order valence-corrected chi connectivity index (χ3v) is 5.22. The average molecular weight is 423 g/mol. The Labute approximate surface area is 180 Å². The van der Waals surface area contributed by atoms with E-state index in [0.717, 1.165) is 5.56 Å². The van der Waals surface area contributed by atoms with Crippen LogP contribution in [0.3, 0.4) is 0 Å². The van der Waals surface area contributed by atoms with Gasteiger partial charge >= 0.3 is 0 Å². The van der Waals surface area contributed by atoms with E-state index >= 15 is 0 Å².